The van der Waals surface area contributed by atoms with E-state index in [2.05, 4.69) is 4.72 Å². The third-order valence-electron chi connectivity index (χ3n) is 3.54. The first kappa shape index (κ1) is 16.8. The van der Waals surface area contributed by atoms with Gasteiger partial charge in [-0.05, 0) is 31.9 Å². The summed E-state index contributed by atoms with van der Waals surface area (Å²) >= 11 is 0. The average molecular weight is 348 g/mol. The molecule has 0 unspecified atom stereocenters. The van der Waals surface area contributed by atoms with Crippen LogP contribution < -0.4 is 4.72 Å². The Morgan fingerprint density at radius 1 is 1.36 bits per heavy atom. The minimum Gasteiger partial charge on any atom is -0.258 e. The molecule has 0 bridgehead atoms. The molecule has 0 aromatic heterocycles. The highest BCUT2D eigenvalue weighted by Gasteiger charge is 2.41. The van der Waals surface area contributed by atoms with Crippen molar-refractivity contribution in [2.24, 2.45) is 0 Å². The lowest BCUT2D eigenvalue weighted by molar-refractivity contribution is -0.385. The smallest absolute Gasteiger partial charge is 0.258 e. The molecule has 10 heteroatoms. The van der Waals surface area contributed by atoms with E-state index in [-0.39, 0.29) is 34.1 Å². The Balaban J connectivity index is 2.34. The highest BCUT2D eigenvalue weighted by atomic mass is 32.2. The van der Waals surface area contributed by atoms with Gasteiger partial charge >= 0.3 is 0 Å². The number of non-ortho nitro benzene ring substituents is 1. The second-order valence-corrected chi connectivity index (χ2v) is 9.55. The monoisotopic (exact) mass is 348 g/mol. The van der Waals surface area contributed by atoms with Gasteiger partial charge < -0.3 is 0 Å². The molecule has 122 valence electrons. The maximum Gasteiger partial charge on any atom is 0.269 e. The van der Waals surface area contributed by atoms with Crippen LogP contribution in [0.1, 0.15) is 18.9 Å². The third kappa shape index (κ3) is 3.45. The predicted molar refractivity (Wildman–Crippen MR) is 79.8 cm³/mol. The summed E-state index contributed by atoms with van der Waals surface area (Å²) in [5.41, 5.74) is -1.04. The fraction of sp³-hybridized carbons (Fsp3) is 0.500. The fourth-order valence-corrected chi connectivity index (χ4v) is 6.37. The molecular weight excluding hydrogens is 332 g/mol. The number of nitrogens with zero attached hydrogens (tertiary/aromatic N) is 1. The van der Waals surface area contributed by atoms with Gasteiger partial charge in [-0.15, -0.1) is 0 Å². The van der Waals surface area contributed by atoms with Crippen LogP contribution in [0.2, 0.25) is 0 Å². The highest BCUT2D eigenvalue weighted by molar-refractivity contribution is 7.92. The van der Waals surface area contributed by atoms with Crippen molar-refractivity contribution >= 4 is 25.5 Å². The molecule has 1 aromatic rings. The molecule has 1 atom stereocenters. The van der Waals surface area contributed by atoms with Crippen LogP contribution in [-0.4, -0.2) is 38.8 Å². The molecule has 1 aliphatic rings. The number of nitrogens with one attached hydrogen (secondary N) is 1. The van der Waals surface area contributed by atoms with Gasteiger partial charge in [-0.25, -0.2) is 21.6 Å². The lowest BCUT2D eigenvalue weighted by Crippen LogP contribution is -2.46. The standard InChI is InChI=1S/C12H16N2O6S2/c1-9-7-10(14(15)16)3-4-11(9)22(19,20)13-12(2)5-6-21(17,18)8-12/h3-4,7,13H,5-6,8H2,1-2H3/t12-/m0/s1. The second-order valence-electron chi connectivity index (χ2n) is 5.72. The number of sulfonamides is 1. The number of rotatable bonds is 4. The van der Waals surface area contributed by atoms with Gasteiger partial charge in [0, 0.05) is 17.7 Å². The van der Waals surface area contributed by atoms with E-state index in [0.717, 1.165) is 12.1 Å². The Hall–Kier alpha value is -1.52. The topological polar surface area (TPSA) is 123 Å². The van der Waals surface area contributed by atoms with E-state index in [1.165, 1.54) is 19.9 Å². The van der Waals surface area contributed by atoms with E-state index in [1.807, 2.05) is 0 Å². The molecule has 0 amide bonds. The van der Waals surface area contributed by atoms with Crippen molar-refractivity contribution in [1.82, 2.24) is 4.72 Å². The molecule has 1 fully saturated rings. The lowest BCUT2D eigenvalue weighted by atomic mass is 10.0. The van der Waals surface area contributed by atoms with Crippen molar-refractivity contribution in [3.63, 3.8) is 0 Å². The van der Waals surface area contributed by atoms with Crippen LogP contribution in [0.4, 0.5) is 5.69 Å². The summed E-state index contributed by atoms with van der Waals surface area (Å²) in [6, 6.07) is 3.43. The number of benzene rings is 1. The molecule has 22 heavy (non-hydrogen) atoms. The molecular formula is C12H16N2O6S2. The average Bonchev–Trinajstić information content (AvgIpc) is 2.61. The van der Waals surface area contributed by atoms with Crippen molar-refractivity contribution in [1.29, 1.82) is 0 Å². The lowest BCUT2D eigenvalue weighted by Gasteiger charge is -2.24. The van der Waals surface area contributed by atoms with Crippen LogP contribution in [-0.2, 0) is 19.9 Å². The Morgan fingerprint density at radius 2 is 2.00 bits per heavy atom. The van der Waals surface area contributed by atoms with E-state index in [4.69, 9.17) is 0 Å². The zero-order valence-corrected chi connectivity index (χ0v) is 13.7. The number of aryl methyl sites for hydroxylation is 1. The first-order valence-corrected chi connectivity index (χ1v) is 9.74. The molecule has 0 aliphatic carbocycles. The summed E-state index contributed by atoms with van der Waals surface area (Å²) in [6.45, 7) is 2.99. The van der Waals surface area contributed by atoms with E-state index >= 15 is 0 Å². The van der Waals surface area contributed by atoms with Gasteiger partial charge in [0.05, 0.1) is 21.3 Å². The molecule has 1 N–H and O–H groups in total. The van der Waals surface area contributed by atoms with Gasteiger partial charge in [-0.2, -0.15) is 0 Å². The molecule has 1 aliphatic heterocycles. The number of nitro benzene ring substituents is 1. The Morgan fingerprint density at radius 3 is 2.45 bits per heavy atom. The van der Waals surface area contributed by atoms with Gasteiger partial charge in [0.2, 0.25) is 10.0 Å². The van der Waals surface area contributed by atoms with Crippen LogP contribution in [0, 0.1) is 17.0 Å². The largest absolute Gasteiger partial charge is 0.269 e. The van der Waals surface area contributed by atoms with Crippen molar-refractivity contribution in [2.45, 2.75) is 30.7 Å². The molecule has 0 spiro atoms. The van der Waals surface area contributed by atoms with Gasteiger partial charge in [-0.3, -0.25) is 10.1 Å². The Bertz CT molecular complexity index is 831. The van der Waals surface area contributed by atoms with Gasteiger partial charge in [0.15, 0.2) is 9.84 Å². The van der Waals surface area contributed by atoms with Crippen LogP contribution in [0.5, 0.6) is 0 Å². The van der Waals surface area contributed by atoms with Gasteiger partial charge in [0.25, 0.3) is 5.69 Å². The highest BCUT2D eigenvalue weighted by Crippen LogP contribution is 2.27. The SMILES string of the molecule is Cc1cc([N+](=O)[O-])ccc1S(=O)(=O)N[C@@]1(C)CCS(=O)(=O)C1. The number of nitro groups is 1. The van der Waals surface area contributed by atoms with Gasteiger partial charge in [-0.1, -0.05) is 0 Å². The summed E-state index contributed by atoms with van der Waals surface area (Å²) in [6.07, 6.45) is 0.195. The summed E-state index contributed by atoms with van der Waals surface area (Å²) < 4.78 is 50.4. The van der Waals surface area contributed by atoms with E-state index in [1.54, 1.807) is 0 Å². The van der Waals surface area contributed by atoms with Crippen LogP contribution in [0.3, 0.4) is 0 Å². The molecule has 0 radical (unpaired) electrons. The molecule has 1 heterocycles. The second kappa shape index (κ2) is 5.28. The predicted octanol–water partition coefficient (Wildman–Crippen LogP) is 0.759. The molecule has 0 saturated carbocycles. The third-order valence-corrected chi connectivity index (χ3v) is 7.24. The van der Waals surface area contributed by atoms with Crippen LogP contribution >= 0.6 is 0 Å². The first-order valence-electron chi connectivity index (χ1n) is 6.44. The summed E-state index contributed by atoms with van der Waals surface area (Å²) in [5, 5.41) is 10.7. The Kier molecular flexibility index (Phi) is 4.05. The summed E-state index contributed by atoms with van der Waals surface area (Å²) in [5.74, 6) is -0.323. The van der Waals surface area contributed by atoms with E-state index < -0.39 is 30.3 Å². The maximum absolute atomic E-state index is 12.4. The maximum atomic E-state index is 12.4. The fourth-order valence-electron chi connectivity index (χ4n) is 2.52. The van der Waals surface area contributed by atoms with E-state index in [0.29, 0.717) is 0 Å². The van der Waals surface area contributed by atoms with Crippen molar-refractivity contribution in [3.05, 3.63) is 33.9 Å². The normalized spacial score (nSPS) is 24.3. The summed E-state index contributed by atoms with van der Waals surface area (Å²) in [7, 11) is -7.22. The molecule has 1 aromatic carbocycles. The molecule has 2 rings (SSSR count). The number of hydrogen-bond acceptors (Lipinski definition) is 6. The summed E-state index contributed by atoms with van der Waals surface area (Å²) in [4.78, 5) is 9.99. The van der Waals surface area contributed by atoms with Gasteiger partial charge in [0.1, 0.15) is 0 Å². The zero-order chi connectivity index (χ0) is 16.8. The molecule has 8 nitrogen and oxygen atoms in total. The quantitative estimate of drug-likeness (QED) is 0.633. The minimum atomic E-state index is -3.96. The first-order chi connectivity index (χ1) is 9.94. The zero-order valence-electron chi connectivity index (χ0n) is 12.1. The number of hydrogen-bond donors (Lipinski definition) is 1. The van der Waals surface area contributed by atoms with E-state index in [9.17, 15) is 26.9 Å². The van der Waals surface area contributed by atoms with Crippen molar-refractivity contribution in [2.75, 3.05) is 11.5 Å². The van der Waals surface area contributed by atoms with Crippen molar-refractivity contribution < 1.29 is 21.8 Å². The van der Waals surface area contributed by atoms with Crippen molar-refractivity contribution in [3.8, 4) is 0 Å². The Labute approximate surface area is 128 Å². The molecule has 1 saturated heterocycles. The van der Waals surface area contributed by atoms with Crippen LogP contribution in [0.15, 0.2) is 23.1 Å². The van der Waals surface area contributed by atoms with Crippen LogP contribution in [0.25, 0.3) is 0 Å². The minimum absolute atomic E-state index is 0.0642. The number of sulfone groups is 1.